The fourth-order valence-corrected chi connectivity index (χ4v) is 6.87. The van der Waals surface area contributed by atoms with Crippen LogP contribution in [0.15, 0.2) is 12.3 Å². The van der Waals surface area contributed by atoms with E-state index in [1.165, 1.54) is 10.8 Å². The Labute approximate surface area is 436 Å². The number of nitrogens with one attached hydrogen (secondary N) is 8. The molecule has 0 saturated carbocycles. The minimum atomic E-state index is -0.713. The smallest absolute Gasteiger partial charge is 0.267 e. The van der Waals surface area contributed by atoms with Crippen molar-refractivity contribution in [2.75, 3.05) is 17.3 Å². The van der Waals surface area contributed by atoms with Gasteiger partial charge in [0.1, 0.15) is 11.8 Å². The molecule has 0 fully saturated rings. The molecule has 0 aromatic carbocycles. The molecule has 0 aliphatic heterocycles. The van der Waals surface area contributed by atoms with Gasteiger partial charge in [0, 0.05) is 54.6 Å². The first-order valence-electron chi connectivity index (χ1n) is 22.5. The number of thiol groups is 1. The van der Waals surface area contributed by atoms with Crippen LogP contribution >= 0.6 is 24.3 Å². The summed E-state index contributed by atoms with van der Waals surface area (Å²) in [5.74, 6) is -1.02. The Balaban J connectivity index is -0.000000327. The second-order valence-corrected chi connectivity index (χ2v) is 27.8. The van der Waals surface area contributed by atoms with E-state index in [1.807, 2.05) is 83.1 Å². The van der Waals surface area contributed by atoms with E-state index < -0.39 is 50.9 Å². The summed E-state index contributed by atoms with van der Waals surface area (Å²) in [6, 6.07) is -2.06. The summed E-state index contributed by atoms with van der Waals surface area (Å²) in [7, 11) is 2.24. The number of amides is 8. The normalized spacial score (nSPS) is 13.4. The summed E-state index contributed by atoms with van der Waals surface area (Å²) in [6.45, 7) is 47.6. The molecule has 0 spiro atoms. The number of rotatable bonds is 14. The maximum atomic E-state index is 12.8. The number of hydrogen-bond donors (Lipinski definition) is 8. The van der Waals surface area contributed by atoms with Crippen LogP contribution in [-0.2, 0) is 61.8 Å². The molecule has 0 aromatic heterocycles. The van der Waals surface area contributed by atoms with Crippen LogP contribution in [0.2, 0.25) is 0 Å². The van der Waals surface area contributed by atoms with Gasteiger partial charge in [-0.05, 0) is 83.1 Å². The summed E-state index contributed by atoms with van der Waals surface area (Å²) in [4.78, 5) is 97.5. The van der Waals surface area contributed by atoms with Crippen LogP contribution < -0.4 is 42.5 Å². The average Bonchev–Trinajstić information content (AvgIpc) is 3.06. The molecule has 0 heterocycles. The molecule has 9 N–H and O–H groups in total. The topological polar surface area (TPSA) is 263 Å². The first kappa shape index (κ1) is 74.8. The van der Waals surface area contributed by atoms with Gasteiger partial charge in [0.15, 0.2) is 6.04 Å². The first-order chi connectivity index (χ1) is 29.4. The van der Waals surface area contributed by atoms with E-state index in [-0.39, 0.29) is 88.8 Å². The van der Waals surface area contributed by atoms with Crippen molar-refractivity contribution in [1.82, 2.24) is 42.5 Å². The third kappa shape index (κ3) is 38.2. The minimum absolute atomic E-state index is 0. The number of carbonyl (C=O) groups excluding carboxylic acids is 8. The van der Waals surface area contributed by atoms with Crippen molar-refractivity contribution in [3.8, 4) is 0 Å². The van der Waals surface area contributed by atoms with Gasteiger partial charge in [-0.1, -0.05) is 89.7 Å². The van der Waals surface area contributed by atoms with Crippen molar-refractivity contribution in [1.29, 1.82) is 0 Å². The molecular formula is C48H95N8O9S4-. The van der Waals surface area contributed by atoms with Crippen molar-refractivity contribution in [2.45, 2.75) is 206 Å². The maximum Gasteiger partial charge on any atom is 0.267 e. The first-order valence-corrected chi connectivity index (χ1v) is 25.8. The molecule has 0 rings (SSSR count). The van der Waals surface area contributed by atoms with Crippen LogP contribution in [0, 0.1) is 21.7 Å². The third-order valence-corrected chi connectivity index (χ3v) is 10.8. The summed E-state index contributed by atoms with van der Waals surface area (Å²) >= 11 is 4.90. The van der Waals surface area contributed by atoms with Gasteiger partial charge in [0.2, 0.25) is 41.4 Å². The predicted octanol–water partition coefficient (Wildman–Crippen LogP) is 4.83. The molecule has 69 heavy (non-hydrogen) atoms. The largest absolute Gasteiger partial charge is 0.870 e. The molecule has 0 aliphatic rings. The standard InChI is InChI=1S/C24H46N4O4S2.C12H24N2O2S.C12H22N2O2.H2O.H2S/c1-21(2,3)19(31)25-15(17(29)27-23(7,8)9)13-33-34-14-16(18(30)28-24(10,11)12)26-20(32)22(4,5)6;1-11(2,3)10(16)13-8(7-17)9(15)14-12(4,5)6;1-8(9(15)14-12(5,6)7)13-10(16)11(2,3)4;;/h15-16H,13-14H2,1-12H3,(H,25,31)(H,26,32)(H,27,29)(H,28,30);8,17H,7H2,1-6H3,(H,13,16)(H,14,15);1H2,2-7H3,(H,13,16)(H,14,15);2*1H2/p-1. The highest BCUT2D eigenvalue weighted by Gasteiger charge is 2.34. The molecule has 17 nitrogen and oxygen atoms in total. The van der Waals surface area contributed by atoms with Crippen molar-refractivity contribution >= 4 is 95.0 Å². The number of hydrogen-bond acceptors (Lipinski definition) is 11. The quantitative estimate of drug-likeness (QED) is 0.0292. The lowest BCUT2D eigenvalue weighted by molar-refractivity contribution is -0.133. The van der Waals surface area contributed by atoms with Gasteiger partial charge in [-0.2, -0.15) is 13.5 Å². The lowest BCUT2D eigenvalue weighted by Gasteiger charge is -2.29. The van der Waals surface area contributed by atoms with Crippen LogP contribution in [0.5, 0.6) is 0 Å². The fraction of sp³-hybridized carbons (Fsp3) is 0.792. The highest BCUT2D eigenvalue weighted by Crippen LogP contribution is 2.18. The van der Waals surface area contributed by atoms with E-state index in [2.05, 4.69) is 49.1 Å². The molecule has 8 amide bonds. The molecule has 0 aromatic rings. The van der Waals surface area contributed by atoms with E-state index in [9.17, 15) is 38.4 Å². The summed E-state index contributed by atoms with van der Waals surface area (Å²) in [5, 5.41) is 22.2. The Bertz CT molecular complexity index is 1640. The van der Waals surface area contributed by atoms with Crippen molar-refractivity contribution < 1.29 is 43.8 Å². The lowest BCUT2D eigenvalue weighted by Crippen LogP contribution is -2.55. The van der Waals surface area contributed by atoms with Crippen molar-refractivity contribution in [3.05, 3.63) is 12.3 Å². The summed E-state index contributed by atoms with van der Waals surface area (Å²) in [6.07, 6.45) is 0. The zero-order valence-electron chi connectivity index (χ0n) is 46.5. The summed E-state index contributed by atoms with van der Waals surface area (Å²) in [5.41, 5.74) is -3.77. The molecule has 0 radical (unpaired) electrons. The van der Waals surface area contributed by atoms with E-state index in [1.54, 1.807) is 83.1 Å². The molecule has 0 aliphatic carbocycles. The maximum absolute atomic E-state index is 12.8. The Morgan fingerprint density at radius 1 is 0.464 bits per heavy atom. The monoisotopic (exact) mass is 1060 g/mol. The third-order valence-electron chi connectivity index (χ3n) is 7.87. The molecule has 0 saturated heterocycles. The van der Waals surface area contributed by atoms with Crippen LogP contribution in [0.4, 0.5) is 0 Å². The van der Waals surface area contributed by atoms with Crippen LogP contribution in [-0.4, -0.2) is 110 Å². The van der Waals surface area contributed by atoms with Gasteiger partial charge < -0.3 is 60.6 Å². The fourth-order valence-electron chi connectivity index (χ4n) is 4.11. The van der Waals surface area contributed by atoms with Gasteiger partial charge in [-0.3, -0.25) is 38.4 Å². The van der Waals surface area contributed by atoms with Gasteiger partial charge >= 0.3 is 0 Å². The molecule has 21 heteroatoms. The SMILES string of the molecule is C=C(NC(=O)C(C)(C)C)C(=O)NC(C)(C)C.CC(C)(C)NC(=O)C(CS[SH+]CC(NC(=O)C(C)(C)C)C(=O)NC(C)(C)C)NC(=O)C(C)(C)C.CC(C)(C)NC(=O)C(C[S-])NC(=O)C(C)(C)C.S.[OH-]. The molecule has 0 bridgehead atoms. The Hall–Kier alpha value is -3.14. The van der Waals surface area contributed by atoms with Gasteiger partial charge in [-0.25, -0.2) is 0 Å². The number of carbonyl (C=O) groups is 8. The van der Waals surface area contributed by atoms with Crippen molar-refractivity contribution in [2.24, 2.45) is 21.7 Å². The zero-order valence-corrected chi connectivity index (χ0v) is 50.1. The van der Waals surface area contributed by atoms with E-state index in [4.69, 9.17) is 12.6 Å². The molecule has 3 atom stereocenters. The van der Waals surface area contributed by atoms with Crippen molar-refractivity contribution in [3.63, 3.8) is 0 Å². The second kappa shape index (κ2) is 30.0. The van der Waals surface area contributed by atoms with Gasteiger partial charge in [0.05, 0.1) is 28.3 Å². The van der Waals surface area contributed by atoms with E-state index >= 15 is 0 Å². The van der Waals surface area contributed by atoms with E-state index in [0.29, 0.717) is 11.5 Å². The second-order valence-electron chi connectivity index (χ2n) is 24.7. The average molecular weight is 1060 g/mol. The highest BCUT2D eigenvalue weighted by atomic mass is 33.1. The zero-order chi connectivity index (χ0) is 54.1. The predicted molar refractivity (Wildman–Crippen MR) is 293 cm³/mol. The van der Waals surface area contributed by atoms with Crippen LogP contribution in [0.1, 0.15) is 166 Å². The minimum Gasteiger partial charge on any atom is -0.870 e. The Morgan fingerprint density at radius 3 is 1.03 bits per heavy atom. The molecular weight excluding hydrogens is 961 g/mol. The van der Waals surface area contributed by atoms with Crippen LogP contribution in [0.25, 0.3) is 0 Å². The Kier molecular flexibility index (Phi) is 32.5. The van der Waals surface area contributed by atoms with Gasteiger partial charge in [0.25, 0.3) is 5.91 Å². The van der Waals surface area contributed by atoms with Gasteiger partial charge in [-0.15, -0.1) is 5.75 Å². The molecule has 406 valence electrons. The Morgan fingerprint density at radius 2 is 0.739 bits per heavy atom. The van der Waals surface area contributed by atoms with E-state index in [0.717, 1.165) is 10.8 Å². The lowest BCUT2D eigenvalue weighted by atomic mass is 9.95. The van der Waals surface area contributed by atoms with Crippen LogP contribution in [0.3, 0.4) is 0 Å². The highest BCUT2D eigenvalue weighted by molar-refractivity contribution is 8.66. The summed E-state index contributed by atoms with van der Waals surface area (Å²) < 4.78 is 0. The molecule has 3 unspecified atom stereocenters.